The van der Waals surface area contributed by atoms with Crippen molar-refractivity contribution in [3.05, 3.63) is 41.6 Å². The molecule has 5 nitrogen and oxygen atoms in total. The molecule has 0 saturated carbocycles. The number of carbonyl (C=O) groups excluding carboxylic acids is 1. The Kier molecular flexibility index (Phi) is 6.97. The lowest BCUT2D eigenvalue weighted by Gasteiger charge is -2.32. The number of amides is 1. The predicted molar refractivity (Wildman–Crippen MR) is 116 cm³/mol. The summed E-state index contributed by atoms with van der Waals surface area (Å²) in [4.78, 5) is 12.8. The van der Waals surface area contributed by atoms with E-state index in [1.807, 2.05) is 25.1 Å². The van der Waals surface area contributed by atoms with Gasteiger partial charge >= 0.3 is 0 Å². The molecule has 1 unspecified atom stereocenters. The Morgan fingerprint density at radius 3 is 2.32 bits per heavy atom. The van der Waals surface area contributed by atoms with Gasteiger partial charge in [-0.25, -0.2) is 8.42 Å². The van der Waals surface area contributed by atoms with Gasteiger partial charge in [0.15, 0.2) is 0 Å². The molecule has 0 radical (unpaired) electrons. The lowest BCUT2D eigenvalue weighted by molar-refractivity contribution is -0.125. The van der Waals surface area contributed by atoms with Crippen LogP contribution in [-0.2, 0) is 21.2 Å². The normalized spacial score (nSPS) is 20.4. The molecule has 2 N–H and O–H groups in total. The van der Waals surface area contributed by atoms with Crippen molar-refractivity contribution in [3.63, 3.8) is 0 Å². The number of benzene rings is 1. The molecule has 156 valence electrons. The molecule has 1 atom stereocenters. The van der Waals surface area contributed by atoms with Gasteiger partial charge < -0.3 is 5.32 Å². The maximum absolute atomic E-state index is 12.8. The molecular formula is C22H34N2O3S. The van der Waals surface area contributed by atoms with E-state index in [1.165, 1.54) is 5.56 Å². The van der Waals surface area contributed by atoms with Crippen LogP contribution in [0.3, 0.4) is 0 Å². The topological polar surface area (TPSA) is 75.3 Å². The average Bonchev–Trinajstić information content (AvgIpc) is 2.62. The molecular weight excluding hydrogens is 372 g/mol. The van der Waals surface area contributed by atoms with Crippen LogP contribution in [0.25, 0.3) is 0 Å². The maximum Gasteiger partial charge on any atom is 0.237 e. The first-order chi connectivity index (χ1) is 13.0. The third-order valence-electron chi connectivity index (χ3n) is 5.40. The first-order valence-corrected chi connectivity index (χ1v) is 11.6. The Labute approximate surface area is 170 Å². The van der Waals surface area contributed by atoms with Gasteiger partial charge in [0.2, 0.25) is 15.9 Å². The lowest BCUT2D eigenvalue weighted by Crippen LogP contribution is -2.41. The van der Waals surface area contributed by atoms with Crippen LogP contribution < -0.4 is 10.0 Å². The van der Waals surface area contributed by atoms with E-state index < -0.39 is 20.2 Å². The van der Waals surface area contributed by atoms with E-state index >= 15 is 0 Å². The second kappa shape index (κ2) is 8.68. The number of sulfonamides is 1. The van der Waals surface area contributed by atoms with Gasteiger partial charge in [-0.05, 0) is 70.6 Å². The summed E-state index contributed by atoms with van der Waals surface area (Å²) >= 11 is 0. The summed E-state index contributed by atoms with van der Waals surface area (Å²) in [5, 5.41) is 3.02. The van der Waals surface area contributed by atoms with Gasteiger partial charge in [-0.1, -0.05) is 38.5 Å². The van der Waals surface area contributed by atoms with Crippen molar-refractivity contribution in [3.8, 4) is 0 Å². The largest absolute Gasteiger partial charge is 0.326 e. The monoisotopic (exact) mass is 406 g/mol. The second-order valence-corrected chi connectivity index (χ2v) is 11.4. The molecule has 1 aliphatic rings. The van der Waals surface area contributed by atoms with E-state index in [9.17, 15) is 13.2 Å². The van der Waals surface area contributed by atoms with Crippen LogP contribution >= 0.6 is 0 Å². The molecule has 0 aliphatic heterocycles. The van der Waals surface area contributed by atoms with Crippen LogP contribution in [-0.4, -0.2) is 19.1 Å². The highest BCUT2D eigenvalue weighted by atomic mass is 32.2. The molecule has 1 amide bonds. The fourth-order valence-electron chi connectivity index (χ4n) is 3.01. The van der Waals surface area contributed by atoms with E-state index in [4.69, 9.17) is 0 Å². The number of hydrogen-bond donors (Lipinski definition) is 2. The Bertz CT molecular complexity index is 820. The number of carbonyl (C=O) groups is 1. The van der Waals surface area contributed by atoms with E-state index in [1.54, 1.807) is 20.8 Å². The molecule has 0 spiro atoms. The molecule has 0 saturated heterocycles. The van der Waals surface area contributed by atoms with Crippen molar-refractivity contribution in [1.29, 1.82) is 0 Å². The summed E-state index contributed by atoms with van der Waals surface area (Å²) < 4.78 is 26.5. The maximum atomic E-state index is 12.8. The highest BCUT2D eigenvalue weighted by molar-refractivity contribution is 7.90. The van der Waals surface area contributed by atoms with E-state index in [0.717, 1.165) is 24.9 Å². The Hall–Kier alpha value is -1.82. The summed E-state index contributed by atoms with van der Waals surface area (Å²) in [5.41, 5.74) is 2.22. The third-order valence-corrected chi connectivity index (χ3v) is 7.54. The minimum absolute atomic E-state index is 0.0252. The first-order valence-electron chi connectivity index (χ1n) is 10.1. The zero-order chi connectivity index (χ0) is 21.0. The molecule has 1 aliphatic carbocycles. The third kappa shape index (κ3) is 5.60. The van der Waals surface area contributed by atoms with Crippen LogP contribution in [0, 0.1) is 5.41 Å². The first kappa shape index (κ1) is 22.5. The minimum atomic E-state index is -3.43. The summed E-state index contributed by atoms with van der Waals surface area (Å²) in [6, 6.07) is 8.03. The van der Waals surface area contributed by atoms with Crippen LogP contribution in [0.4, 0.5) is 5.69 Å². The zero-order valence-corrected chi connectivity index (χ0v) is 18.6. The van der Waals surface area contributed by atoms with Gasteiger partial charge in [0.05, 0.1) is 10.2 Å². The summed E-state index contributed by atoms with van der Waals surface area (Å²) in [6.07, 6.45) is 6.88. The molecule has 28 heavy (non-hydrogen) atoms. The number of aryl methyl sites for hydroxylation is 1. The van der Waals surface area contributed by atoms with Crippen LogP contribution in [0.1, 0.15) is 72.3 Å². The molecule has 0 bridgehead atoms. The van der Waals surface area contributed by atoms with Gasteiger partial charge in [-0.3, -0.25) is 9.52 Å². The van der Waals surface area contributed by atoms with Crippen molar-refractivity contribution in [2.45, 2.75) is 77.9 Å². The number of anilines is 1. The van der Waals surface area contributed by atoms with Crippen molar-refractivity contribution in [2.75, 3.05) is 5.32 Å². The Morgan fingerprint density at radius 1 is 1.18 bits per heavy atom. The Morgan fingerprint density at radius 2 is 1.82 bits per heavy atom. The smallest absolute Gasteiger partial charge is 0.237 e. The summed E-state index contributed by atoms with van der Waals surface area (Å²) in [7, 11) is -3.43. The minimum Gasteiger partial charge on any atom is -0.326 e. The van der Waals surface area contributed by atoms with E-state index in [0.29, 0.717) is 25.0 Å². The van der Waals surface area contributed by atoms with Gasteiger partial charge in [0.25, 0.3) is 0 Å². The van der Waals surface area contributed by atoms with E-state index in [-0.39, 0.29) is 5.91 Å². The van der Waals surface area contributed by atoms with Crippen molar-refractivity contribution >= 4 is 21.6 Å². The average molecular weight is 407 g/mol. The molecule has 1 aromatic rings. The molecule has 6 heteroatoms. The highest BCUT2D eigenvalue weighted by Gasteiger charge is 2.36. The number of hydrogen-bond acceptors (Lipinski definition) is 3. The van der Waals surface area contributed by atoms with Crippen LogP contribution in [0.2, 0.25) is 0 Å². The number of allylic oxidation sites excluding steroid dienone is 2. The molecule has 0 aromatic heterocycles. The molecule has 0 heterocycles. The number of nitrogens with one attached hydrogen (secondary N) is 2. The predicted octanol–water partition coefficient (Wildman–Crippen LogP) is 4.76. The summed E-state index contributed by atoms with van der Waals surface area (Å²) in [5.74, 6) is -0.0252. The van der Waals surface area contributed by atoms with Crippen molar-refractivity contribution in [1.82, 2.24) is 4.72 Å². The fourth-order valence-corrected chi connectivity index (χ4v) is 3.84. The molecule has 1 aromatic carbocycles. The molecule has 0 fully saturated rings. The van der Waals surface area contributed by atoms with Gasteiger partial charge in [-0.15, -0.1) is 0 Å². The van der Waals surface area contributed by atoms with Crippen LogP contribution in [0.5, 0.6) is 0 Å². The fraction of sp³-hybridized carbons (Fsp3) is 0.591. The number of unbranched alkanes of at least 4 members (excludes halogenated alkanes) is 1. The van der Waals surface area contributed by atoms with Gasteiger partial charge in [-0.2, -0.15) is 0 Å². The number of rotatable bonds is 7. The SMILES string of the molecule is CCCCc1ccc(NC(=O)C2(C)CC=C(NS(=O)(=O)C(C)(C)C)CC2)cc1. The van der Waals surface area contributed by atoms with Crippen molar-refractivity contribution in [2.24, 2.45) is 5.41 Å². The second-order valence-electron chi connectivity index (χ2n) is 8.97. The highest BCUT2D eigenvalue weighted by Crippen LogP contribution is 2.36. The summed E-state index contributed by atoms with van der Waals surface area (Å²) in [6.45, 7) is 9.12. The molecule has 2 rings (SSSR count). The van der Waals surface area contributed by atoms with Crippen LogP contribution in [0.15, 0.2) is 36.0 Å². The van der Waals surface area contributed by atoms with Crippen molar-refractivity contribution < 1.29 is 13.2 Å². The lowest BCUT2D eigenvalue weighted by atomic mass is 9.77. The van der Waals surface area contributed by atoms with Gasteiger partial charge in [0, 0.05) is 11.4 Å². The Balaban J connectivity index is 1.98. The zero-order valence-electron chi connectivity index (χ0n) is 17.8. The van der Waals surface area contributed by atoms with E-state index in [2.05, 4.69) is 29.1 Å². The van der Waals surface area contributed by atoms with Gasteiger partial charge in [0.1, 0.15) is 0 Å². The standard InChI is InChI=1S/C22H34N2O3S/c1-6-7-8-17-9-11-18(12-10-17)23-20(25)22(5)15-13-19(14-16-22)24-28(26,27)21(2,3)4/h9-13,24H,6-8,14-16H2,1-5H3,(H,23,25). The quantitative estimate of drug-likeness (QED) is 0.685.